The zero-order valence-electron chi connectivity index (χ0n) is 30.6. The molecule has 9 nitrogen and oxygen atoms in total. The zero-order chi connectivity index (χ0) is 36.3. The lowest BCUT2D eigenvalue weighted by atomic mass is 9.68. The van der Waals surface area contributed by atoms with Crippen LogP contribution >= 0.6 is 11.6 Å². The molecule has 3 heterocycles. The van der Waals surface area contributed by atoms with Crippen molar-refractivity contribution in [1.82, 2.24) is 0 Å². The minimum Gasteiger partial charge on any atom is -0.490 e. The Labute approximate surface area is 313 Å². The molecule has 6 atom stereocenters. The zero-order valence-corrected chi connectivity index (χ0v) is 32.1. The van der Waals surface area contributed by atoms with Gasteiger partial charge < -0.3 is 23.8 Å². The number of rotatable bonds is 6. The number of amides is 1. The summed E-state index contributed by atoms with van der Waals surface area (Å²) in [6.07, 6.45) is 12.7. The highest BCUT2D eigenvalue weighted by atomic mass is 35.5. The van der Waals surface area contributed by atoms with Gasteiger partial charge in [0.1, 0.15) is 11.5 Å². The van der Waals surface area contributed by atoms with E-state index in [0.29, 0.717) is 56.5 Å². The van der Waals surface area contributed by atoms with Gasteiger partial charge in [0.15, 0.2) is 0 Å². The number of carbonyl (C=O) groups is 2. The topological polar surface area (TPSA) is 104 Å². The van der Waals surface area contributed by atoms with Crippen LogP contribution in [0.4, 0.5) is 5.69 Å². The monoisotopic (exact) mass is 752 g/mol. The number of methoxy groups -OCH3 is 1. The van der Waals surface area contributed by atoms with Gasteiger partial charge in [-0.3, -0.25) is 9.59 Å². The highest BCUT2D eigenvalue weighted by Crippen LogP contribution is 2.47. The number of nitrogens with zero attached hydrogens (tertiary/aromatic N) is 2. The highest BCUT2D eigenvalue weighted by Gasteiger charge is 2.44. The third kappa shape index (κ3) is 7.96. The number of esters is 1. The summed E-state index contributed by atoms with van der Waals surface area (Å²) in [5, 5.41) is 0.276. The van der Waals surface area contributed by atoms with Crippen LogP contribution in [-0.2, 0) is 40.6 Å². The molecule has 1 saturated carbocycles. The molecule has 2 fully saturated rings. The first-order valence-corrected chi connectivity index (χ1v) is 21.3. The van der Waals surface area contributed by atoms with E-state index in [0.717, 1.165) is 74.5 Å². The maximum Gasteiger partial charge on any atom is 0.319 e. The van der Waals surface area contributed by atoms with Crippen LogP contribution in [0.15, 0.2) is 52.9 Å². The molecule has 2 aromatic rings. The van der Waals surface area contributed by atoms with Crippen molar-refractivity contribution in [3.8, 4) is 5.75 Å². The number of ether oxygens (including phenoxy) is 4. The van der Waals surface area contributed by atoms with Gasteiger partial charge in [0.2, 0.25) is 0 Å². The van der Waals surface area contributed by atoms with E-state index in [1.165, 1.54) is 11.1 Å². The van der Waals surface area contributed by atoms with Crippen molar-refractivity contribution in [1.29, 1.82) is 0 Å². The summed E-state index contributed by atoms with van der Waals surface area (Å²) in [5.41, 5.74) is 3.49. The number of hydrogen-bond donors (Lipinski definition) is 0. The van der Waals surface area contributed by atoms with Crippen LogP contribution < -0.4 is 9.64 Å². The Bertz CT molecular complexity index is 1780. The second kappa shape index (κ2) is 16.2. The predicted octanol–water partition coefficient (Wildman–Crippen LogP) is 7.56. The number of hydrogen-bond acceptors (Lipinski definition) is 8. The minimum absolute atomic E-state index is 0.0388. The van der Waals surface area contributed by atoms with Crippen molar-refractivity contribution in [2.75, 3.05) is 57.3 Å². The molecule has 5 aliphatic rings. The molecule has 1 amide bonds. The molecule has 282 valence electrons. The average molecular weight is 753 g/mol. The van der Waals surface area contributed by atoms with Gasteiger partial charge in [-0.15, -0.1) is 0 Å². The Kier molecular flexibility index (Phi) is 11.7. The van der Waals surface area contributed by atoms with E-state index in [2.05, 4.69) is 33.5 Å². The Morgan fingerprint density at radius 2 is 1.96 bits per heavy atom. The number of fused-ring (bicyclic) bond motifs is 4. The summed E-state index contributed by atoms with van der Waals surface area (Å²) >= 11 is 6.47. The SMILES string of the molecule is CC[C@@H]1CC/C=C/[C@H](OC)[C@@H]2CC[C@H]2CN2C[C@@]3(CCCc4cc(Cl)ccc43)COc3ccc(cc32)C(=O)N=[S@@]1(=O)CC(=O)OCC1CCOCC1. The highest BCUT2D eigenvalue weighted by molar-refractivity contribution is 7.95. The normalized spacial score (nSPS) is 31.6. The van der Waals surface area contributed by atoms with Gasteiger partial charge in [0.05, 0.1) is 34.7 Å². The largest absolute Gasteiger partial charge is 0.490 e. The summed E-state index contributed by atoms with van der Waals surface area (Å²) in [6.45, 7) is 5.53. The lowest BCUT2D eigenvalue weighted by Crippen LogP contribution is -2.49. The quantitative estimate of drug-likeness (QED) is 0.220. The van der Waals surface area contributed by atoms with Gasteiger partial charge in [0, 0.05) is 54.7 Å². The molecule has 2 aromatic carbocycles. The molecule has 1 saturated heterocycles. The summed E-state index contributed by atoms with van der Waals surface area (Å²) in [6, 6.07) is 11.7. The van der Waals surface area contributed by atoms with Crippen molar-refractivity contribution >= 4 is 38.9 Å². The molecule has 1 spiro atoms. The summed E-state index contributed by atoms with van der Waals surface area (Å²) in [5.74, 6) is 0.116. The summed E-state index contributed by atoms with van der Waals surface area (Å²) in [7, 11) is -1.55. The van der Waals surface area contributed by atoms with E-state index in [9.17, 15) is 13.8 Å². The molecule has 7 rings (SSSR count). The number of anilines is 1. The number of benzene rings is 2. The second-order valence-electron chi connectivity index (χ2n) is 15.5. The predicted molar refractivity (Wildman–Crippen MR) is 204 cm³/mol. The fourth-order valence-electron chi connectivity index (χ4n) is 9.09. The molecule has 0 aromatic heterocycles. The van der Waals surface area contributed by atoms with Crippen molar-refractivity contribution in [3.05, 3.63) is 70.3 Å². The number of carbonyl (C=O) groups excluding carboxylic acids is 2. The molecular formula is C41H53ClN2O7S. The molecule has 52 heavy (non-hydrogen) atoms. The van der Waals surface area contributed by atoms with Gasteiger partial charge in [-0.25, -0.2) is 4.21 Å². The summed E-state index contributed by atoms with van der Waals surface area (Å²) in [4.78, 5) is 29.8. The van der Waals surface area contributed by atoms with Crippen LogP contribution in [0.3, 0.4) is 0 Å². The van der Waals surface area contributed by atoms with E-state index < -0.39 is 32.6 Å². The maximum absolute atomic E-state index is 14.9. The molecular weight excluding hydrogens is 700 g/mol. The average Bonchev–Trinajstić information content (AvgIpc) is 3.28. The van der Waals surface area contributed by atoms with Gasteiger partial charge >= 0.3 is 5.97 Å². The third-order valence-corrected chi connectivity index (χ3v) is 15.2. The second-order valence-corrected chi connectivity index (χ2v) is 18.4. The standard InChI is InChI=1S/C41H53ClN2O7S/c1-3-33-8-4-5-9-37(48-2)34-13-10-31(34)23-44-26-41(18-6-7-29-21-32(42)12-14-35(29)41)27-51-38-15-11-30(22-36(38)44)40(46)43-52(33,47)25-39(45)50-24-28-16-19-49-20-17-28/h5,9,11-12,14-15,21-22,28,31,33-34,37H,3-4,6-8,10,13,16-20,23-27H2,1-2H3/b9-5+/t31-,33+,34+,37-,41-,52+/m0/s1. The van der Waals surface area contributed by atoms with E-state index >= 15 is 0 Å². The summed E-state index contributed by atoms with van der Waals surface area (Å²) < 4.78 is 43.2. The van der Waals surface area contributed by atoms with Crippen LogP contribution in [0.2, 0.25) is 5.02 Å². The van der Waals surface area contributed by atoms with Crippen LogP contribution in [-0.4, -0.2) is 79.8 Å². The van der Waals surface area contributed by atoms with E-state index in [-0.39, 0.29) is 24.0 Å². The first-order chi connectivity index (χ1) is 25.2. The third-order valence-electron chi connectivity index (χ3n) is 12.2. The van der Waals surface area contributed by atoms with Crippen LogP contribution in [0, 0.1) is 17.8 Å². The molecule has 0 unspecified atom stereocenters. The molecule has 2 aliphatic carbocycles. The Morgan fingerprint density at radius 3 is 2.73 bits per heavy atom. The van der Waals surface area contributed by atoms with E-state index in [1.54, 1.807) is 13.2 Å². The van der Waals surface area contributed by atoms with E-state index in [4.69, 9.17) is 30.5 Å². The van der Waals surface area contributed by atoms with Gasteiger partial charge in [0.25, 0.3) is 5.91 Å². The smallest absolute Gasteiger partial charge is 0.319 e. The van der Waals surface area contributed by atoms with Gasteiger partial charge in [-0.05, 0) is 123 Å². The lowest BCUT2D eigenvalue weighted by molar-refractivity contribution is -0.142. The fraction of sp³-hybridized carbons (Fsp3) is 0.610. The number of allylic oxidation sites excluding steroid dienone is 1. The number of aryl methyl sites for hydroxylation is 1. The molecule has 0 N–H and O–H groups in total. The molecule has 11 heteroatoms. The van der Waals surface area contributed by atoms with Crippen LogP contribution in [0.1, 0.15) is 86.2 Å². The fourth-order valence-corrected chi connectivity index (χ4v) is 11.6. The first-order valence-electron chi connectivity index (χ1n) is 19.2. The minimum atomic E-state index is -3.33. The van der Waals surface area contributed by atoms with Crippen LogP contribution in [0.25, 0.3) is 0 Å². The lowest BCUT2D eigenvalue weighted by Gasteiger charge is -2.46. The van der Waals surface area contributed by atoms with E-state index in [1.807, 2.05) is 25.1 Å². The molecule has 2 bridgehead atoms. The molecule has 0 radical (unpaired) electrons. The van der Waals surface area contributed by atoms with Crippen molar-refractivity contribution in [2.24, 2.45) is 22.1 Å². The van der Waals surface area contributed by atoms with Gasteiger partial charge in [-0.1, -0.05) is 36.7 Å². The Hall–Kier alpha value is -2.92. The first kappa shape index (κ1) is 37.4. The molecule has 3 aliphatic heterocycles. The Balaban J connectivity index is 1.26. The van der Waals surface area contributed by atoms with Crippen LogP contribution in [0.5, 0.6) is 5.75 Å². The number of halogens is 1. The van der Waals surface area contributed by atoms with Gasteiger partial charge in [-0.2, -0.15) is 4.36 Å². The van der Waals surface area contributed by atoms with Crippen molar-refractivity contribution in [3.63, 3.8) is 0 Å². The Morgan fingerprint density at radius 1 is 1.12 bits per heavy atom. The van der Waals surface area contributed by atoms with Crippen molar-refractivity contribution in [2.45, 2.75) is 87.9 Å². The maximum atomic E-state index is 14.9. The van der Waals surface area contributed by atoms with Crippen molar-refractivity contribution < 1.29 is 32.7 Å².